The van der Waals surface area contributed by atoms with Crippen LogP contribution in [0.4, 0.5) is 0 Å². The van der Waals surface area contributed by atoms with Crippen LogP contribution in [-0.2, 0) is 6.54 Å². The SMILES string of the molecule is O=C(O)c1ccccc1C#CCn1cccn1. The van der Waals surface area contributed by atoms with E-state index in [4.69, 9.17) is 5.11 Å². The Labute approximate surface area is 98.5 Å². The second-order valence-electron chi connectivity index (χ2n) is 3.36. The third-order valence-electron chi connectivity index (χ3n) is 2.18. The minimum Gasteiger partial charge on any atom is -0.478 e. The molecule has 0 saturated heterocycles. The quantitative estimate of drug-likeness (QED) is 0.792. The fraction of sp³-hybridized carbons (Fsp3) is 0.0769. The van der Waals surface area contributed by atoms with Crippen molar-refractivity contribution in [3.63, 3.8) is 0 Å². The van der Waals surface area contributed by atoms with E-state index in [9.17, 15) is 4.79 Å². The maximum Gasteiger partial charge on any atom is 0.336 e. The van der Waals surface area contributed by atoms with Crippen molar-refractivity contribution in [3.05, 3.63) is 53.9 Å². The van der Waals surface area contributed by atoms with Crippen LogP contribution in [0.3, 0.4) is 0 Å². The molecule has 0 radical (unpaired) electrons. The molecular formula is C13H10N2O2. The summed E-state index contributed by atoms with van der Waals surface area (Å²) >= 11 is 0. The van der Waals surface area contributed by atoms with Crippen molar-refractivity contribution >= 4 is 5.97 Å². The van der Waals surface area contributed by atoms with Crippen LogP contribution in [0, 0.1) is 11.8 Å². The normalized spacial score (nSPS) is 9.41. The van der Waals surface area contributed by atoms with Crippen LogP contribution in [0.25, 0.3) is 0 Å². The molecule has 0 spiro atoms. The molecule has 0 aliphatic rings. The van der Waals surface area contributed by atoms with E-state index in [-0.39, 0.29) is 5.56 Å². The van der Waals surface area contributed by atoms with Crippen molar-refractivity contribution in [3.8, 4) is 11.8 Å². The zero-order valence-electron chi connectivity index (χ0n) is 9.00. The van der Waals surface area contributed by atoms with E-state index in [1.54, 1.807) is 41.3 Å². The van der Waals surface area contributed by atoms with E-state index in [2.05, 4.69) is 16.9 Å². The van der Waals surface area contributed by atoms with Gasteiger partial charge in [0.2, 0.25) is 0 Å². The lowest BCUT2D eigenvalue weighted by Crippen LogP contribution is -2.00. The van der Waals surface area contributed by atoms with Crippen molar-refractivity contribution < 1.29 is 9.90 Å². The summed E-state index contributed by atoms with van der Waals surface area (Å²) in [6.07, 6.45) is 3.48. The van der Waals surface area contributed by atoms with Crippen LogP contribution < -0.4 is 0 Å². The highest BCUT2D eigenvalue weighted by atomic mass is 16.4. The molecule has 2 rings (SSSR count). The van der Waals surface area contributed by atoms with Crippen LogP contribution in [0.5, 0.6) is 0 Å². The standard InChI is InChI=1S/C13H10N2O2/c16-13(17)12-7-2-1-5-11(12)6-3-9-15-10-4-8-14-15/h1-2,4-5,7-8,10H,9H2,(H,16,17). The van der Waals surface area contributed by atoms with Crippen LogP contribution in [0.15, 0.2) is 42.7 Å². The third-order valence-corrected chi connectivity index (χ3v) is 2.18. The molecule has 17 heavy (non-hydrogen) atoms. The molecule has 2 aromatic rings. The Kier molecular flexibility index (Phi) is 3.22. The van der Waals surface area contributed by atoms with Crippen LogP contribution in [0.1, 0.15) is 15.9 Å². The number of aromatic nitrogens is 2. The number of carbonyl (C=O) groups is 1. The van der Waals surface area contributed by atoms with Gasteiger partial charge in [-0.05, 0) is 18.2 Å². The first kappa shape index (κ1) is 11.0. The topological polar surface area (TPSA) is 55.1 Å². The minimum atomic E-state index is -0.964. The van der Waals surface area contributed by atoms with E-state index < -0.39 is 5.97 Å². The van der Waals surface area contributed by atoms with Gasteiger partial charge in [-0.1, -0.05) is 24.0 Å². The number of hydrogen-bond acceptors (Lipinski definition) is 2. The molecule has 1 heterocycles. The highest BCUT2D eigenvalue weighted by molar-refractivity contribution is 5.90. The molecule has 0 saturated carbocycles. The summed E-state index contributed by atoms with van der Waals surface area (Å²) in [4.78, 5) is 10.9. The summed E-state index contributed by atoms with van der Waals surface area (Å²) in [7, 11) is 0. The molecule has 0 bridgehead atoms. The van der Waals surface area contributed by atoms with Crippen LogP contribution >= 0.6 is 0 Å². The number of rotatable bonds is 2. The Morgan fingerprint density at radius 2 is 2.18 bits per heavy atom. The Morgan fingerprint density at radius 1 is 1.35 bits per heavy atom. The highest BCUT2D eigenvalue weighted by Gasteiger charge is 2.05. The number of benzene rings is 1. The molecule has 4 heteroatoms. The summed E-state index contributed by atoms with van der Waals surface area (Å²) in [6.45, 7) is 0.445. The molecule has 1 aromatic carbocycles. The van der Waals surface area contributed by atoms with Gasteiger partial charge >= 0.3 is 5.97 Å². The second-order valence-corrected chi connectivity index (χ2v) is 3.36. The number of hydrogen-bond donors (Lipinski definition) is 1. The lowest BCUT2D eigenvalue weighted by molar-refractivity contribution is 0.0696. The zero-order chi connectivity index (χ0) is 12.1. The summed E-state index contributed by atoms with van der Waals surface area (Å²) in [5.41, 5.74) is 0.743. The molecule has 4 nitrogen and oxygen atoms in total. The molecule has 84 valence electrons. The van der Waals surface area contributed by atoms with Crippen molar-refractivity contribution in [2.24, 2.45) is 0 Å². The van der Waals surface area contributed by atoms with E-state index in [0.29, 0.717) is 12.1 Å². The summed E-state index contributed by atoms with van der Waals surface area (Å²) < 4.78 is 1.68. The van der Waals surface area contributed by atoms with Gasteiger partial charge in [-0.2, -0.15) is 5.10 Å². The predicted octanol–water partition coefficient (Wildman–Crippen LogP) is 1.63. The second kappa shape index (κ2) is 4.99. The van der Waals surface area contributed by atoms with E-state index in [1.807, 2.05) is 6.07 Å². The van der Waals surface area contributed by atoms with Crippen LogP contribution in [-0.4, -0.2) is 20.9 Å². The largest absolute Gasteiger partial charge is 0.478 e. The maximum atomic E-state index is 10.9. The minimum absolute atomic E-state index is 0.223. The first-order valence-electron chi connectivity index (χ1n) is 5.06. The molecule has 0 aliphatic carbocycles. The van der Waals surface area contributed by atoms with Gasteiger partial charge in [0.25, 0.3) is 0 Å². The molecule has 0 unspecified atom stereocenters. The number of aromatic carboxylic acids is 1. The molecule has 0 aliphatic heterocycles. The lowest BCUT2D eigenvalue weighted by Gasteiger charge is -1.97. The average molecular weight is 226 g/mol. The van der Waals surface area contributed by atoms with Gasteiger partial charge in [0.05, 0.1) is 5.56 Å². The van der Waals surface area contributed by atoms with Gasteiger partial charge in [0, 0.05) is 18.0 Å². The molecule has 0 amide bonds. The fourth-order valence-corrected chi connectivity index (χ4v) is 1.39. The Bertz CT molecular complexity index is 577. The number of nitrogens with zero attached hydrogens (tertiary/aromatic N) is 2. The Hall–Kier alpha value is -2.54. The first-order chi connectivity index (χ1) is 8.27. The summed E-state index contributed by atoms with van der Waals surface area (Å²) in [5, 5.41) is 13.0. The van der Waals surface area contributed by atoms with Gasteiger partial charge in [-0.3, -0.25) is 4.68 Å². The monoisotopic (exact) mass is 226 g/mol. The van der Waals surface area contributed by atoms with Crippen molar-refractivity contribution in [1.82, 2.24) is 9.78 Å². The molecular weight excluding hydrogens is 216 g/mol. The summed E-state index contributed by atoms with van der Waals surface area (Å²) in [5.74, 6) is 4.76. The maximum absolute atomic E-state index is 10.9. The van der Waals surface area contributed by atoms with E-state index in [1.165, 1.54) is 0 Å². The van der Waals surface area contributed by atoms with Crippen LogP contribution in [0.2, 0.25) is 0 Å². The third kappa shape index (κ3) is 2.73. The van der Waals surface area contributed by atoms with Gasteiger partial charge < -0.3 is 5.11 Å². The number of carboxylic acid groups (broad SMARTS) is 1. The smallest absolute Gasteiger partial charge is 0.336 e. The molecule has 1 N–H and O–H groups in total. The predicted molar refractivity (Wildman–Crippen MR) is 62.5 cm³/mol. The fourth-order valence-electron chi connectivity index (χ4n) is 1.39. The molecule has 0 fully saturated rings. The van der Waals surface area contributed by atoms with Crippen molar-refractivity contribution in [1.29, 1.82) is 0 Å². The van der Waals surface area contributed by atoms with Crippen molar-refractivity contribution in [2.45, 2.75) is 6.54 Å². The molecule has 0 atom stereocenters. The number of carboxylic acids is 1. The zero-order valence-corrected chi connectivity index (χ0v) is 9.00. The first-order valence-corrected chi connectivity index (χ1v) is 5.06. The Morgan fingerprint density at radius 3 is 2.88 bits per heavy atom. The summed E-state index contributed by atoms with van der Waals surface area (Å²) in [6, 6.07) is 8.50. The highest BCUT2D eigenvalue weighted by Crippen LogP contribution is 2.06. The van der Waals surface area contributed by atoms with Gasteiger partial charge in [-0.25, -0.2) is 4.79 Å². The van der Waals surface area contributed by atoms with Crippen molar-refractivity contribution in [2.75, 3.05) is 0 Å². The van der Waals surface area contributed by atoms with Gasteiger partial charge in [-0.15, -0.1) is 0 Å². The van der Waals surface area contributed by atoms with E-state index in [0.717, 1.165) is 0 Å². The lowest BCUT2D eigenvalue weighted by atomic mass is 10.1. The Balaban J connectivity index is 2.19. The molecule has 1 aromatic heterocycles. The average Bonchev–Trinajstić information content (AvgIpc) is 2.82. The van der Waals surface area contributed by atoms with Gasteiger partial charge in [0.1, 0.15) is 6.54 Å². The van der Waals surface area contributed by atoms with Gasteiger partial charge in [0.15, 0.2) is 0 Å². The van der Waals surface area contributed by atoms with E-state index >= 15 is 0 Å².